The van der Waals surface area contributed by atoms with Crippen molar-refractivity contribution in [2.75, 3.05) is 12.3 Å². The van der Waals surface area contributed by atoms with Crippen molar-refractivity contribution in [3.8, 4) is 0 Å². The Morgan fingerprint density at radius 2 is 2.46 bits per heavy atom. The molecule has 4 N–H and O–H groups in total. The van der Waals surface area contributed by atoms with Gasteiger partial charge in [-0.3, -0.25) is 9.78 Å². The molecule has 13 heavy (non-hydrogen) atoms. The largest absolute Gasteiger partial charge is 0.369 e. The number of nitrogen functional groups attached to an aromatic ring is 1. The summed E-state index contributed by atoms with van der Waals surface area (Å²) in [5, 5.41) is 3.26. The van der Waals surface area contributed by atoms with Crippen LogP contribution >= 0.6 is 0 Å². The van der Waals surface area contributed by atoms with Gasteiger partial charge in [0.05, 0.1) is 5.69 Å². The number of H-pyrrole nitrogens is 1. The minimum Gasteiger partial charge on any atom is -0.369 e. The fraction of sp³-hybridized carbons (Fsp3) is 0.500. The topological polar surface area (TPSA) is 83.8 Å². The molecule has 1 atom stereocenters. The summed E-state index contributed by atoms with van der Waals surface area (Å²) in [5.74, 6) is 0.191. The van der Waals surface area contributed by atoms with Crippen LogP contribution in [0.1, 0.15) is 24.6 Å². The van der Waals surface area contributed by atoms with Gasteiger partial charge in [-0.2, -0.15) is 0 Å². The first-order valence-corrected chi connectivity index (χ1v) is 4.36. The lowest BCUT2D eigenvalue weighted by Crippen LogP contribution is -2.19. The predicted octanol–water partition coefficient (Wildman–Crippen LogP) is -0.223. The second kappa shape index (κ2) is 3.18. The number of nitrogens with zero attached hydrogens (tertiary/aromatic N) is 1. The van der Waals surface area contributed by atoms with Crippen molar-refractivity contribution >= 4 is 5.95 Å². The lowest BCUT2D eigenvalue weighted by atomic mass is 10.1. The van der Waals surface area contributed by atoms with Gasteiger partial charge in [0, 0.05) is 12.1 Å². The summed E-state index contributed by atoms with van der Waals surface area (Å²) >= 11 is 0. The molecule has 1 aliphatic rings. The summed E-state index contributed by atoms with van der Waals surface area (Å²) in [6.45, 7) is 0.985. The van der Waals surface area contributed by atoms with Gasteiger partial charge in [-0.1, -0.05) is 0 Å². The Labute approximate surface area is 75.4 Å². The zero-order chi connectivity index (χ0) is 9.26. The zero-order valence-corrected chi connectivity index (χ0v) is 7.21. The van der Waals surface area contributed by atoms with Gasteiger partial charge in [0.15, 0.2) is 0 Å². The van der Waals surface area contributed by atoms with Gasteiger partial charge in [-0.15, -0.1) is 0 Å². The number of rotatable bonds is 1. The van der Waals surface area contributed by atoms with E-state index in [1.165, 1.54) is 6.07 Å². The van der Waals surface area contributed by atoms with Crippen LogP contribution in [0.2, 0.25) is 0 Å². The molecule has 5 nitrogen and oxygen atoms in total. The molecule has 0 saturated carbocycles. The monoisotopic (exact) mass is 180 g/mol. The van der Waals surface area contributed by atoms with Crippen molar-refractivity contribution < 1.29 is 0 Å². The van der Waals surface area contributed by atoms with E-state index in [0.29, 0.717) is 0 Å². The molecule has 70 valence electrons. The second-order valence-electron chi connectivity index (χ2n) is 3.20. The molecular weight excluding hydrogens is 168 g/mol. The van der Waals surface area contributed by atoms with Gasteiger partial charge in [0.2, 0.25) is 5.95 Å². The minimum absolute atomic E-state index is 0.184. The first-order valence-electron chi connectivity index (χ1n) is 4.36. The molecule has 2 heterocycles. The number of hydrogen-bond acceptors (Lipinski definition) is 4. The summed E-state index contributed by atoms with van der Waals surface area (Å²) in [5.41, 5.74) is 6.00. The summed E-state index contributed by atoms with van der Waals surface area (Å²) in [6.07, 6.45) is 2.15. The minimum atomic E-state index is -0.184. The van der Waals surface area contributed by atoms with Crippen LogP contribution in [-0.4, -0.2) is 16.5 Å². The molecule has 0 unspecified atom stereocenters. The maximum Gasteiger partial charge on any atom is 0.252 e. The van der Waals surface area contributed by atoms with Crippen LogP contribution in [0.15, 0.2) is 10.9 Å². The van der Waals surface area contributed by atoms with Crippen LogP contribution in [0.4, 0.5) is 5.95 Å². The first-order chi connectivity index (χ1) is 6.25. The quantitative estimate of drug-likeness (QED) is 0.557. The molecule has 0 aromatic carbocycles. The van der Waals surface area contributed by atoms with E-state index in [1.807, 2.05) is 0 Å². The van der Waals surface area contributed by atoms with Crippen LogP contribution in [0.5, 0.6) is 0 Å². The fourth-order valence-electron chi connectivity index (χ4n) is 1.61. The molecule has 1 aliphatic heterocycles. The normalized spacial score (nSPS) is 22.0. The van der Waals surface area contributed by atoms with E-state index in [1.54, 1.807) is 0 Å². The van der Waals surface area contributed by atoms with Gasteiger partial charge in [0.1, 0.15) is 0 Å². The van der Waals surface area contributed by atoms with Crippen LogP contribution < -0.4 is 16.6 Å². The molecule has 1 saturated heterocycles. The van der Waals surface area contributed by atoms with Crippen molar-refractivity contribution in [2.45, 2.75) is 18.9 Å². The average molecular weight is 180 g/mol. The molecule has 2 rings (SSSR count). The van der Waals surface area contributed by atoms with Crippen molar-refractivity contribution in [2.24, 2.45) is 0 Å². The lowest BCUT2D eigenvalue weighted by molar-refractivity contribution is 0.625. The molecule has 0 aliphatic carbocycles. The maximum absolute atomic E-state index is 11.1. The Morgan fingerprint density at radius 3 is 3.08 bits per heavy atom. The summed E-state index contributed by atoms with van der Waals surface area (Å²) in [4.78, 5) is 17.6. The van der Waals surface area contributed by atoms with E-state index in [0.717, 1.165) is 25.1 Å². The average Bonchev–Trinajstić information content (AvgIpc) is 2.53. The number of hydrogen-bond donors (Lipinski definition) is 3. The molecule has 0 amide bonds. The van der Waals surface area contributed by atoms with E-state index in [-0.39, 0.29) is 17.5 Å². The number of nitrogens with two attached hydrogens (primary N) is 1. The van der Waals surface area contributed by atoms with Gasteiger partial charge in [-0.05, 0) is 19.4 Å². The molecule has 1 aromatic heterocycles. The summed E-state index contributed by atoms with van der Waals surface area (Å²) < 4.78 is 0. The fourth-order valence-corrected chi connectivity index (χ4v) is 1.61. The van der Waals surface area contributed by atoms with Gasteiger partial charge >= 0.3 is 0 Å². The number of anilines is 1. The third-order valence-corrected chi connectivity index (χ3v) is 2.20. The molecule has 1 fully saturated rings. The number of aromatic amines is 1. The maximum atomic E-state index is 11.1. The molecule has 1 aromatic rings. The Kier molecular flexibility index (Phi) is 2.02. The van der Waals surface area contributed by atoms with Crippen molar-refractivity contribution in [3.05, 3.63) is 22.1 Å². The first kappa shape index (κ1) is 8.25. The van der Waals surface area contributed by atoms with E-state index >= 15 is 0 Å². The molecule has 0 spiro atoms. The van der Waals surface area contributed by atoms with Crippen LogP contribution in [0, 0.1) is 0 Å². The molecule has 5 heteroatoms. The second-order valence-corrected chi connectivity index (χ2v) is 3.20. The predicted molar refractivity (Wildman–Crippen MR) is 49.2 cm³/mol. The highest BCUT2D eigenvalue weighted by atomic mass is 16.1. The summed E-state index contributed by atoms with van der Waals surface area (Å²) in [6, 6.07) is 1.70. The Morgan fingerprint density at radius 1 is 1.62 bits per heavy atom. The Bertz CT molecular complexity index is 353. The van der Waals surface area contributed by atoms with E-state index < -0.39 is 0 Å². The van der Waals surface area contributed by atoms with Gasteiger partial charge < -0.3 is 11.1 Å². The van der Waals surface area contributed by atoms with E-state index in [2.05, 4.69) is 15.3 Å². The SMILES string of the molecule is Nc1nc([C@H]2CCCN2)cc(=O)[nH]1. The molecular formula is C8H12N4O. The van der Waals surface area contributed by atoms with Gasteiger partial charge in [0.25, 0.3) is 5.56 Å². The van der Waals surface area contributed by atoms with Crippen molar-refractivity contribution in [3.63, 3.8) is 0 Å². The highest BCUT2D eigenvalue weighted by Gasteiger charge is 2.17. The zero-order valence-electron chi connectivity index (χ0n) is 7.21. The Hall–Kier alpha value is -1.36. The standard InChI is InChI=1S/C8H12N4O/c9-8-11-6(4-7(13)12-8)5-2-1-3-10-5/h4-5,10H,1-3H2,(H3,9,11,12,13)/t5-/m1/s1. The molecule has 0 radical (unpaired) electrons. The van der Waals surface area contributed by atoms with Crippen LogP contribution in [-0.2, 0) is 0 Å². The third-order valence-electron chi connectivity index (χ3n) is 2.20. The van der Waals surface area contributed by atoms with Crippen molar-refractivity contribution in [1.29, 1.82) is 0 Å². The smallest absolute Gasteiger partial charge is 0.252 e. The van der Waals surface area contributed by atoms with Gasteiger partial charge in [-0.25, -0.2) is 4.98 Å². The highest BCUT2D eigenvalue weighted by Crippen LogP contribution is 2.19. The summed E-state index contributed by atoms with van der Waals surface area (Å²) in [7, 11) is 0. The van der Waals surface area contributed by atoms with Crippen molar-refractivity contribution in [1.82, 2.24) is 15.3 Å². The van der Waals surface area contributed by atoms with E-state index in [4.69, 9.17) is 5.73 Å². The third kappa shape index (κ3) is 1.70. The lowest BCUT2D eigenvalue weighted by Gasteiger charge is -2.08. The number of aromatic nitrogens is 2. The van der Waals surface area contributed by atoms with Crippen LogP contribution in [0.25, 0.3) is 0 Å². The number of nitrogens with one attached hydrogen (secondary N) is 2. The van der Waals surface area contributed by atoms with E-state index in [9.17, 15) is 4.79 Å². The Balaban J connectivity index is 2.33. The highest BCUT2D eigenvalue weighted by molar-refractivity contribution is 5.19. The molecule has 0 bridgehead atoms. The van der Waals surface area contributed by atoms with Crippen LogP contribution in [0.3, 0.4) is 0 Å².